The highest BCUT2D eigenvalue weighted by atomic mass is 35.5. The van der Waals surface area contributed by atoms with Gasteiger partial charge in [-0.2, -0.15) is 0 Å². The van der Waals surface area contributed by atoms with Gasteiger partial charge in [-0.05, 0) is 24.3 Å². The Hall–Kier alpha value is 0.250. The summed E-state index contributed by atoms with van der Waals surface area (Å²) >= 11 is 5.70. The van der Waals surface area contributed by atoms with E-state index in [1.807, 2.05) is 0 Å². The standard InChI is InChI=1S/C10H20ClN/c1-10(2,3)9-4-6-12(8-9)7-5-11/h9H,4-8H2,1-3H3. The van der Waals surface area contributed by atoms with Crippen LogP contribution in [0.5, 0.6) is 0 Å². The molecular weight excluding hydrogens is 170 g/mol. The first-order valence-electron chi connectivity index (χ1n) is 4.82. The van der Waals surface area contributed by atoms with E-state index >= 15 is 0 Å². The van der Waals surface area contributed by atoms with Crippen molar-refractivity contribution in [2.45, 2.75) is 27.2 Å². The van der Waals surface area contributed by atoms with Crippen molar-refractivity contribution in [3.8, 4) is 0 Å². The van der Waals surface area contributed by atoms with Crippen LogP contribution in [0.3, 0.4) is 0 Å². The number of hydrogen-bond acceptors (Lipinski definition) is 1. The predicted octanol–water partition coefficient (Wildman–Crippen LogP) is 2.59. The van der Waals surface area contributed by atoms with Crippen molar-refractivity contribution in [1.29, 1.82) is 0 Å². The Balaban J connectivity index is 2.35. The summed E-state index contributed by atoms with van der Waals surface area (Å²) in [7, 11) is 0. The normalized spacial score (nSPS) is 26.5. The van der Waals surface area contributed by atoms with Gasteiger partial charge in [0.1, 0.15) is 0 Å². The second-order valence-corrected chi connectivity index (χ2v) is 5.22. The number of halogens is 1. The maximum atomic E-state index is 5.70. The van der Waals surface area contributed by atoms with Crippen molar-refractivity contribution in [3.63, 3.8) is 0 Å². The predicted molar refractivity (Wildman–Crippen MR) is 54.7 cm³/mol. The van der Waals surface area contributed by atoms with E-state index in [0.29, 0.717) is 5.41 Å². The Morgan fingerprint density at radius 2 is 2.08 bits per heavy atom. The lowest BCUT2D eigenvalue weighted by Gasteiger charge is -2.26. The minimum Gasteiger partial charge on any atom is -0.302 e. The zero-order valence-corrected chi connectivity index (χ0v) is 9.19. The third kappa shape index (κ3) is 2.63. The molecular formula is C10H20ClN. The maximum absolute atomic E-state index is 5.70. The quantitative estimate of drug-likeness (QED) is 0.604. The summed E-state index contributed by atoms with van der Waals surface area (Å²) in [6.45, 7) is 10.6. The van der Waals surface area contributed by atoms with Gasteiger partial charge in [-0.25, -0.2) is 0 Å². The van der Waals surface area contributed by atoms with Gasteiger partial charge in [0.15, 0.2) is 0 Å². The van der Waals surface area contributed by atoms with E-state index in [4.69, 9.17) is 11.6 Å². The van der Waals surface area contributed by atoms with Crippen LogP contribution in [0, 0.1) is 11.3 Å². The first-order valence-corrected chi connectivity index (χ1v) is 5.36. The third-order valence-electron chi connectivity index (χ3n) is 2.90. The van der Waals surface area contributed by atoms with Crippen molar-refractivity contribution in [2.75, 3.05) is 25.5 Å². The van der Waals surface area contributed by atoms with Crippen LogP contribution in [0.1, 0.15) is 27.2 Å². The Morgan fingerprint density at radius 1 is 1.42 bits per heavy atom. The van der Waals surface area contributed by atoms with Crippen molar-refractivity contribution >= 4 is 11.6 Å². The fourth-order valence-electron chi connectivity index (χ4n) is 1.86. The van der Waals surface area contributed by atoms with Crippen LogP contribution in [-0.4, -0.2) is 30.4 Å². The number of hydrogen-bond donors (Lipinski definition) is 0. The third-order valence-corrected chi connectivity index (χ3v) is 3.07. The Kier molecular flexibility index (Phi) is 3.42. The van der Waals surface area contributed by atoms with E-state index < -0.39 is 0 Å². The van der Waals surface area contributed by atoms with Crippen molar-refractivity contribution in [1.82, 2.24) is 4.90 Å². The summed E-state index contributed by atoms with van der Waals surface area (Å²) in [6, 6.07) is 0. The van der Waals surface area contributed by atoms with Crippen molar-refractivity contribution in [3.05, 3.63) is 0 Å². The molecule has 12 heavy (non-hydrogen) atoms. The van der Waals surface area contributed by atoms with Gasteiger partial charge >= 0.3 is 0 Å². The molecule has 72 valence electrons. The molecule has 0 bridgehead atoms. The highest BCUT2D eigenvalue weighted by Gasteiger charge is 2.30. The minimum atomic E-state index is 0.473. The Labute approximate surface area is 81.1 Å². The summed E-state index contributed by atoms with van der Waals surface area (Å²) in [5.74, 6) is 1.64. The first kappa shape index (κ1) is 10.3. The monoisotopic (exact) mass is 189 g/mol. The molecule has 0 amide bonds. The SMILES string of the molecule is CC(C)(C)C1CCN(CCCl)C1. The molecule has 0 aromatic heterocycles. The van der Waals surface area contributed by atoms with E-state index in [0.717, 1.165) is 18.3 Å². The molecule has 0 aromatic rings. The van der Waals surface area contributed by atoms with Gasteiger partial charge < -0.3 is 4.90 Å². The molecule has 2 heteroatoms. The van der Waals surface area contributed by atoms with Gasteiger partial charge in [-0.1, -0.05) is 20.8 Å². The van der Waals surface area contributed by atoms with E-state index in [9.17, 15) is 0 Å². The Bertz CT molecular complexity index is 139. The molecule has 0 radical (unpaired) electrons. The molecule has 0 aliphatic carbocycles. The van der Waals surface area contributed by atoms with Crippen LogP contribution in [0.15, 0.2) is 0 Å². The highest BCUT2D eigenvalue weighted by molar-refractivity contribution is 6.18. The molecule has 1 nitrogen and oxygen atoms in total. The van der Waals surface area contributed by atoms with Crippen LogP contribution in [-0.2, 0) is 0 Å². The molecule has 1 aliphatic heterocycles. The molecule has 0 spiro atoms. The largest absolute Gasteiger partial charge is 0.302 e. The summed E-state index contributed by atoms with van der Waals surface area (Å²) in [5, 5.41) is 0. The molecule has 1 unspecified atom stereocenters. The lowest BCUT2D eigenvalue weighted by atomic mass is 9.80. The number of alkyl halides is 1. The maximum Gasteiger partial charge on any atom is 0.0351 e. The minimum absolute atomic E-state index is 0.473. The molecule has 1 atom stereocenters. The van der Waals surface area contributed by atoms with Crippen LogP contribution in [0.4, 0.5) is 0 Å². The van der Waals surface area contributed by atoms with E-state index in [-0.39, 0.29) is 0 Å². The molecule has 1 fully saturated rings. The van der Waals surface area contributed by atoms with Crippen LogP contribution >= 0.6 is 11.6 Å². The molecule has 0 N–H and O–H groups in total. The molecule has 1 heterocycles. The summed E-state index contributed by atoms with van der Waals surface area (Å²) in [4.78, 5) is 2.48. The zero-order chi connectivity index (χ0) is 9.19. The van der Waals surface area contributed by atoms with E-state index in [2.05, 4.69) is 25.7 Å². The van der Waals surface area contributed by atoms with Crippen molar-refractivity contribution in [2.24, 2.45) is 11.3 Å². The van der Waals surface area contributed by atoms with E-state index in [1.165, 1.54) is 19.5 Å². The second kappa shape index (κ2) is 3.97. The van der Waals surface area contributed by atoms with Crippen LogP contribution < -0.4 is 0 Å². The zero-order valence-electron chi connectivity index (χ0n) is 8.44. The van der Waals surface area contributed by atoms with Gasteiger partial charge in [0, 0.05) is 19.0 Å². The van der Waals surface area contributed by atoms with Gasteiger partial charge in [0.25, 0.3) is 0 Å². The fraction of sp³-hybridized carbons (Fsp3) is 1.00. The van der Waals surface area contributed by atoms with Gasteiger partial charge in [-0.3, -0.25) is 0 Å². The van der Waals surface area contributed by atoms with E-state index in [1.54, 1.807) is 0 Å². The number of rotatable bonds is 2. The van der Waals surface area contributed by atoms with Crippen molar-refractivity contribution < 1.29 is 0 Å². The molecule has 1 saturated heterocycles. The van der Waals surface area contributed by atoms with Gasteiger partial charge in [0.05, 0.1) is 0 Å². The van der Waals surface area contributed by atoms with Gasteiger partial charge in [-0.15, -0.1) is 11.6 Å². The van der Waals surface area contributed by atoms with Crippen LogP contribution in [0.25, 0.3) is 0 Å². The summed E-state index contributed by atoms with van der Waals surface area (Å²) in [5.41, 5.74) is 0.473. The first-order chi connectivity index (χ1) is 5.54. The van der Waals surface area contributed by atoms with Gasteiger partial charge in [0.2, 0.25) is 0 Å². The molecule has 1 rings (SSSR count). The number of likely N-dealkylation sites (tertiary alicyclic amines) is 1. The average molecular weight is 190 g/mol. The Morgan fingerprint density at radius 3 is 2.50 bits per heavy atom. The van der Waals surface area contributed by atoms with Crippen LogP contribution in [0.2, 0.25) is 0 Å². The topological polar surface area (TPSA) is 3.24 Å². The smallest absolute Gasteiger partial charge is 0.0351 e. The molecule has 0 aromatic carbocycles. The number of nitrogens with zero attached hydrogens (tertiary/aromatic N) is 1. The lowest BCUT2D eigenvalue weighted by Crippen LogP contribution is -2.27. The lowest BCUT2D eigenvalue weighted by molar-refractivity contribution is 0.233. The molecule has 1 aliphatic rings. The fourth-order valence-corrected chi connectivity index (χ4v) is 2.10. The molecule has 0 saturated carbocycles. The highest BCUT2D eigenvalue weighted by Crippen LogP contribution is 2.33. The summed E-state index contributed by atoms with van der Waals surface area (Å²) < 4.78 is 0. The average Bonchev–Trinajstić information content (AvgIpc) is 2.35. The summed E-state index contributed by atoms with van der Waals surface area (Å²) in [6.07, 6.45) is 1.35. The second-order valence-electron chi connectivity index (χ2n) is 4.84.